The van der Waals surface area contributed by atoms with Crippen molar-refractivity contribution in [2.45, 2.75) is 33.0 Å². The van der Waals surface area contributed by atoms with Gasteiger partial charge in [-0.05, 0) is 48.4 Å². The number of hydrogen-bond acceptors (Lipinski definition) is 2. The van der Waals surface area contributed by atoms with Gasteiger partial charge in [0.15, 0.2) is 0 Å². The molecule has 4 heteroatoms. The molecule has 2 heterocycles. The highest BCUT2D eigenvalue weighted by molar-refractivity contribution is 6.08. The van der Waals surface area contributed by atoms with Gasteiger partial charge >= 0.3 is 0 Å². The first-order valence-electron chi connectivity index (χ1n) is 11.1. The van der Waals surface area contributed by atoms with Crippen LogP contribution in [-0.4, -0.2) is 15.4 Å². The number of carbonyl (C=O) groups is 1. The fourth-order valence-electron chi connectivity index (χ4n) is 4.47. The van der Waals surface area contributed by atoms with Crippen molar-refractivity contribution in [1.29, 1.82) is 0 Å². The molecule has 5 aromatic rings. The summed E-state index contributed by atoms with van der Waals surface area (Å²) in [6.45, 7) is 4.08. The van der Waals surface area contributed by atoms with Crippen molar-refractivity contribution >= 4 is 27.7 Å². The van der Waals surface area contributed by atoms with Gasteiger partial charge in [-0.3, -0.25) is 4.79 Å². The predicted octanol–water partition coefficient (Wildman–Crippen LogP) is 6.18. The van der Waals surface area contributed by atoms with E-state index in [2.05, 4.69) is 54.0 Å². The number of nitrogens with zero attached hydrogens (tertiary/aromatic N) is 2. The highest BCUT2D eigenvalue weighted by Crippen LogP contribution is 2.30. The van der Waals surface area contributed by atoms with Gasteiger partial charge in [-0.25, -0.2) is 0 Å². The summed E-state index contributed by atoms with van der Waals surface area (Å²) in [4.78, 5) is 15.1. The average Bonchev–Trinajstić information content (AvgIpc) is 3.45. The minimum absolute atomic E-state index is 0.0867. The molecule has 0 fully saturated rings. The van der Waals surface area contributed by atoms with Crippen molar-refractivity contribution in [2.75, 3.05) is 0 Å². The van der Waals surface area contributed by atoms with Gasteiger partial charge in [0, 0.05) is 34.9 Å². The molecule has 5 rings (SSSR count). The Bertz CT molecular complexity index is 1350. The molecule has 4 nitrogen and oxygen atoms in total. The third-order valence-electron chi connectivity index (χ3n) is 6.00. The Morgan fingerprint density at radius 3 is 2.38 bits per heavy atom. The van der Waals surface area contributed by atoms with Gasteiger partial charge < -0.3 is 13.9 Å². The molecule has 1 amide bonds. The SMILES string of the molecule is CCn1c2ccccc2c2cc(CN(Cc3ccco3)C(=O)Cc3ccccc3)ccc21. The van der Waals surface area contributed by atoms with E-state index in [0.29, 0.717) is 19.5 Å². The molecule has 0 N–H and O–H groups in total. The summed E-state index contributed by atoms with van der Waals surface area (Å²) in [7, 11) is 0. The number of para-hydroxylation sites is 1. The molecule has 0 unspecified atom stereocenters. The Kier molecular flexibility index (Phi) is 5.51. The fourth-order valence-corrected chi connectivity index (χ4v) is 4.47. The molecule has 3 aromatic carbocycles. The Morgan fingerprint density at radius 2 is 1.59 bits per heavy atom. The van der Waals surface area contributed by atoms with Crippen LogP contribution in [0.25, 0.3) is 21.8 Å². The number of aryl methyl sites for hydroxylation is 1. The summed E-state index contributed by atoms with van der Waals surface area (Å²) in [5, 5.41) is 2.48. The van der Waals surface area contributed by atoms with Crippen LogP contribution in [0.5, 0.6) is 0 Å². The standard InChI is InChI=1S/C28H26N2O2/c1-2-30-26-13-7-6-12-24(26)25-17-22(14-15-27(25)30)19-29(20-23-11-8-16-32-23)28(31)18-21-9-4-3-5-10-21/h3-17H,2,18-20H2,1H3. The molecule has 0 bridgehead atoms. The van der Waals surface area contributed by atoms with Gasteiger partial charge in [0.1, 0.15) is 5.76 Å². The number of benzene rings is 3. The highest BCUT2D eigenvalue weighted by Gasteiger charge is 2.18. The molecule has 0 saturated carbocycles. The zero-order chi connectivity index (χ0) is 21.9. The van der Waals surface area contributed by atoms with Crippen LogP contribution in [0.15, 0.2) is 95.6 Å². The Balaban J connectivity index is 1.48. The van der Waals surface area contributed by atoms with Crippen LogP contribution >= 0.6 is 0 Å². The summed E-state index contributed by atoms with van der Waals surface area (Å²) < 4.78 is 7.89. The van der Waals surface area contributed by atoms with E-state index in [1.54, 1.807) is 6.26 Å². The molecular weight excluding hydrogens is 396 g/mol. The van der Waals surface area contributed by atoms with E-state index in [1.807, 2.05) is 47.4 Å². The second-order valence-corrected chi connectivity index (χ2v) is 8.10. The maximum absolute atomic E-state index is 13.2. The molecule has 0 spiro atoms. The lowest BCUT2D eigenvalue weighted by Crippen LogP contribution is -2.31. The molecule has 0 aliphatic heterocycles. The molecule has 2 aromatic heterocycles. The number of carbonyl (C=O) groups excluding carboxylic acids is 1. The van der Waals surface area contributed by atoms with E-state index in [1.165, 1.54) is 21.8 Å². The van der Waals surface area contributed by atoms with Crippen molar-refractivity contribution in [3.63, 3.8) is 0 Å². The Hall–Kier alpha value is -3.79. The van der Waals surface area contributed by atoms with E-state index >= 15 is 0 Å². The number of amides is 1. The van der Waals surface area contributed by atoms with E-state index < -0.39 is 0 Å². The average molecular weight is 423 g/mol. The predicted molar refractivity (Wildman–Crippen MR) is 128 cm³/mol. The zero-order valence-corrected chi connectivity index (χ0v) is 18.2. The lowest BCUT2D eigenvalue weighted by molar-refractivity contribution is -0.132. The molecular formula is C28H26N2O2. The topological polar surface area (TPSA) is 38.4 Å². The fraction of sp³-hybridized carbons (Fsp3) is 0.179. The molecule has 160 valence electrons. The van der Waals surface area contributed by atoms with E-state index in [0.717, 1.165) is 23.4 Å². The van der Waals surface area contributed by atoms with Gasteiger partial charge in [0.25, 0.3) is 0 Å². The molecule has 0 atom stereocenters. The van der Waals surface area contributed by atoms with E-state index in [4.69, 9.17) is 4.42 Å². The minimum atomic E-state index is 0.0867. The van der Waals surface area contributed by atoms with Crippen LogP contribution in [-0.2, 0) is 30.8 Å². The number of hydrogen-bond donors (Lipinski definition) is 0. The van der Waals surface area contributed by atoms with Crippen LogP contribution in [0.1, 0.15) is 23.8 Å². The van der Waals surface area contributed by atoms with Crippen LogP contribution in [0.3, 0.4) is 0 Å². The van der Waals surface area contributed by atoms with Gasteiger partial charge in [0.2, 0.25) is 5.91 Å². The molecule has 0 saturated heterocycles. The largest absolute Gasteiger partial charge is 0.467 e. The monoisotopic (exact) mass is 422 g/mol. The Morgan fingerprint density at radius 1 is 0.812 bits per heavy atom. The summed E-state index contributed by atoms with van der Waals surface area (Å²) in [5.41, 5.74) is 4.60. The zero-order valence-electron chi connectivity index (χ0n) is 18.2. The number of aromatic nitrogens is 1. The van der Waals surface area contributed by atoms with Gasteiger partial charge in [-0.2, -0.15) is 0 Å². The molecule has 0 radical (unpaired) electrons. The first-order valence-corrected chi connectivity index (χ1v) is 11.1. The van der Waals surface area contributed by atoms with Gasteiger partial charge in [-0.15, -0.1) is 0 Å². The van der Waals surface area contributed by atoms with Crippen molar-refractivity contribution in [2.24, 2.45) is 0 Å². The Labute approximate surface area is 187 Å². The smallest absolute Gasteiger partial charge is 0.227 e. The number of rotatable bonds is 7. The normalized spacial score (nSPS) is 11.3. The maximum Gasteiger partial charge on any atom is 0.227 e. The third-order valence-corrected chi connectivity index (χ3v) is 6.00. The first-order chi connectivity index (χ1) is 15.7. The lowest BCUT2D eigenvalue weighted by atomic mass is 10.1. The summed E-state index contributed by atoms with van der Waals surface area (Å²) in [6, 6.07) is 28.7. The van der Waals surface area contributed by atoms with Crippen LogP contribution < -0.4 is 0 Å². The van der Waals surface area contributed by atoms with Crippen molar-refractivity contribution < 1.29 is 9.21 Å². The highest BCUT2D eigenvalue weighted by atomic mass is 16.3. The van der Waals surface area contributed by atoms with Gasteiger partial charge in [-0.1, -0.05) is 54.6 Å². The second-order valence-electron chi connectivity index (χ2n) is 8.10. The molecule has 0 aliphatic carbocycles. The summed E-state index contributed by atoms with van der Waals surface area (Å²) in [6.07, 6.45) is 2.03. The number of fused-ring (bicyclic) bond motifs is 3. The van der Waals surface area contributed by atoms with Crippen molar-refractivity contribution in [1.82, 2.24) is 9.47 Å². The number of furan rings is 1. The van der Waals surface area contributed by atoms with E-state index in [9.17, 15) is 4.79 Å². The lowest BCUT2D eigenvalue weighted by Gasteiger charge is -2.22. The molecule has 0 aliphatic rings. The second kappa shape index (κ2) is 8.75. The first kappa shape index (κ1) is 20.1. The van der Waals surface area contributed by atoms with Crippen molar-refractivity contribution in [3.05, 3.63) is 108 Å². The summed E-state index contributed by atoms with van der Waals surface area (Å²) >= 11 is 0. The summed E-state index contributed by atoms with van der Waals surface area (Å²) in [5.74, 6) is 0.874. The van der Waals surface area contributed by atoms with Crippen LogP contribution in [0.4, 0.5) is 0 Å². The van der Waals surface area contributed by atoms with Crippen LogP contribution in [0, 0.1) is 0 Å². The van der Waals surface area contributed by atoms with E-state index in [-0.39, 0.29) is 5.91 Å². The van der Waals surface area contributed by atoms with Gasteiger partial charge in [0.05, 0.1) is 19.2 Å². The molecule has 32 heavy (non-hydrogen) atoms. The quantitative estimate of drug-likeness (QED) is 0.314. The van der Waals surface area contributed by atoms with Crippen molar-refractivity contribution in [3.8, 4) is 0 Å². The minimum Gasteiger partial charge on any atom is -0.467 e. The van der Waals surface area contributed by atoms with Crippen LogP contribution in [0.2, 0.25) is 0 Å². The maximum atomic E-state index is 13.2. The third kappa shape index (κ3) is 3.92.